The predicted molar refractivity (Wildman–Crippen MR) is 51.1 cm³/mol. The molecule has 15 heavy (non-hydrogen) atoms. The molecule has 76 valence electrons. The molecule has 0 saturated heterocycles. The van der Waals surface area contributed by atoms with Gasteiger partial charge in [-0.05, 0) is 18.6 Å². The molecule has 0 aliphatic carbocycles. The molecule has 0 heterocycles. The number of ether oxygens (including phenoxy) is 1. The zero-order valence-corrected chi connectivity index (χ0v) is 12.3. The number of rotatable bonds is 4. The third-order valence-electron chi connectivity index (χ3n) is 1.82. The molecule has 0 N–H and O–H groups in total. The summed E-state index contributed by atoms with van der Waals surface area (Å²) in [5.41, 5.74) is 0.431. The summed E-state index contributed by atoms with van der Waals surface area (Å²) in [5, 5.41) is 10.8. The Morgan fingerprint density at radius 3 is 2.47 bits per heavy atom. The third-order valence-corrected chi connectivity index (χ3v) is 1.82. The quantitative estimate of drug-likeness (QED) is 0.369. The molecule has 0 spiro atoms. The van der Waals surface area contributed by atoms with Crippen molar-refractivity contribution in [3.63, 3.8) is 0 Å². The number of carbonyl (C=O) groups is 1. The molecule has 0 unspecified atom stereocenters. The van der Waals surface area contributed by atoms with Gasteiger partial charge in [0.25, 0.3) is 0 Å². The van der Waals surface area contributed by atoms with Crippen molar-refractivity contribution in [3.05, 3.63) is 29.8 Å². The average Bonchev–Trinajstić information content (AvgIpc) is 2.19. The Hall–Kier alpha value is 0.126. The van der Waals surface area contributed by atoms with Crippen LogP contribution in [-0.4, -0.2) is 12.6 Å². The van der Waals surface area contributed by atoms with Crippen LogP contribution in [0.4, 0.5) is 0 Å². The Bertz CT molecular complexity index is 295. The van der Waals surface area contributed by atoms with Gasteiger partial charge in [-0.3, -0.25) is 0 Å². The zero-order valence-electron chi connectivity index (χ0n) is 9.16. The number of carbonyl (C=O) groups excluding carboxylic acids is 1. The normalized spacial score (nSPS) is 9.13. The van der Waals surface area contributed by atoms with Gasteiger partial charge in [-0.25, -0.2) is 4.79 Å². The second-order valence-corrected chi connectivity index (χ2v) is 3.01. The van der Waals surface area contributed by atoms with E-state index in [1.807, 2.05) is 6.92 Å². The minimum absolute atomic E-state index is 0. The number of benzene rings is 1. The second-order valence-electron chi connectivity index (χ2n) is 3.01. The topological polar surface area (TPSA) is 49.4 Å². The van der Waals surface area contributed by atoms with Crippen molar-refractivity contribution in [2.24, 2.45) is 0 Å². The van der Waals surface area contributed by atoms with E-state index in [2.05, 4.69) is 0 Å². The van der Waals surface area contributed by atoms with Crippen LogP contribution in [0.25, 0.3) is 0 Å². The number of hydrogen-bond donors (Lipinski definition) is 0. The molecule has 0 aromatic heterocycles. The van der Waals surface area contributed by atoms with Gasteiger partial charge in [0.1, 0.15) is 0 Å². The Kier molecular flexibility index (Phi) is 8.37. The Labute approximate surface area is 132 Å². The largest absolute Gasteiger partial charge is 1.00 e. The van der Waals surface area contributed by atoms with Crippen LogP contribution >= 0.6 is 0 Å². The summed E-state index contributed by atoms with van der Waals surface area (Å²) >= 11 is 0. The summed E-state index contributed by atoms with van der Waals surface area (Å²) in [6.45, 7) is 2.47. The van der Waals surface area contributed by atoms with Crippen LogP contribution in [0.2, 0.25) is 0 Å². The van der Waals surface area contributed by atoms with E-state index in [9.17, 15) is 9.90 Å². The van der Waals surface area contributed by atoms with E-state index in [1.54, 1.807) is 0 Å². The summed E-state index contributed by atoms with van der Waals surface area (Å²) in [4.78, 5) is 11.3. The van der Waals surface area contributed by atoms with Crippen LogP contribution in [0.15, 0.2) is 24.3 Å². The van der Waals surface area contributed by atoms with Crippen molar-refractivity contribution >= 4 is 5.97 Å². The van der Waals surface area contributed by atoms with Crippen LogP contribution < -0.4 is 56.5 Å². The molecule has 3 nitrogen and oxygen atoms in total. The predicted octanol–water partition coefficient (Wildman–Crippen LogP) is -1.28. The molecule has 0 aliphatic rings. The SMILES string of the molecule is CCCCOC(=O)c1ccc([O-])cc1.[K+]. The fraction of sp³-hybridized carbons (Fsp3) is 0.364. The van der Waals surface area contributed by atoms with E-state index < -0.39 is 0 Å². The number of esters is 1. The van der Waals surface area contributed by atoms with Crippen LogP contribution in [0.3, 0.4) is 0 Å². The maximum absolute atomic E-state index is 11.3. The maximum Gasteiger partial charge on any atom is 1.00 e. The van der Waals surface area contributed by atoms with Crippen molar-refractivity contribution < 1.29 is 66.0 Å². The van der Waals surface area contributed by atoms with E-state index in [1.165, 1.54) is 24.3 Å². The summed E-state index contributed by atoms with van der Waals surface area (Å²) < 4.78 is 4.97. The van der Waals surface area contributed by atoms with Crippen LogP contribution in [0.5, 0.6) is 5.75 Å². The molecule has 0 saturated carbocycles. The summed E-state index contributed by atoms with van der Waals surface area (Å²) in [6.07, 6.45) is 1.86. The van der Waals surface area contributed by atoms with Crippen molar-refractivity contribution in [2.75, 3.05) is 6.61 Å². The average molecular weight is 232 g/mol. The van der Waals surface area contributed by atoms with Gasteiger partial charge in [0.05, 0.1) is 12.2 Å². The van der Waals surface area contributed by atoms with Crippen LogP contribution in [0, 0.1) is 0 Å². The molecule has 0 radical (unpaired) electrons. The monoisotopic (exact) mass is 232 g/mol. The minimum Gasteiger partial charge on any atom is -0.872 e. The molecule has 0 fully saturated rings. The molecular weight excluding hydrogens is 219 g/mol. The molecule has 1 aromatic rings. The molecule has 1 rings (SSSR count). The van der Waals surface area contributed by atoms with Crippen LogP contribution in [0.1, 0.15) is 30.1 Å². The van der Waals surface area contributed by atoms with Crippen LogP contribution in [-0.2, 0) is 4.74 Å². The fourth-order valence-electron chi connectivity index (χ4n) is 0.984. The van der Waals surface area contributed by atoms with Crippen molar-refractivity contribution in [1.82, 2.24) is 0 Å². The molecule has 4 heteroatoms. The standard InChI is InChI=1S/C11H14O3.K/c1-2-3-8-14-11(13)9-4-6-10(12)7-5-9;/h4-7,12H,2-3,8H2,1H3;/q;+1/p-1. The Balaban J connectivity index is 0.00000196. The van der Waals surface area contributed by atoms with Gasteiger partial charge < -0.3 is 9.84 Å². The van der Waals surface area contributed by atoms with Gasteiger partial charge in [-0.1, -0.05) is 25.5 Å². The minimum atomic E-state index is -0.363. The first-order chi connectivity index (χ1) is 6.74. The van der Waals surface area contributed by atoms with Gasteiger partial charge in [0.15, 0.2) is 0 Å². The second kappa shape index (κ2) is 8.30. The number of hydrogen-bond acceptors (Lipinski definition) is 3. The summed E-state index contributed by atoms with van der Waals surface area (Å²) in [6, 6.07) is 5.68. The molecule has 0 atom stereocenters. The van der Waals surface area contributed by atoms with E-state index in [0.717, 1.165) is 12.8 Å². The Morgan fingerprint density at radius 2 is 1.93 bits per heavy atom. The number of unbranched alkanes of at least 4 members (excludes halogenated alkanes) is 1. The van der Waals surface area contributed by atoms with Gasteiger partial charge in [-0.15, -0.1) is 5.75 Å². The van der Waals surface area contributed by atoms with Gasteiger partial charge in [0, 0.05) is 0 Å². The van der Waals surface area contributed by atoms with Crippen molar-refractivity contribution in [3.8, 4) is 5.75 Å². The summed E-state index contributed by atoms with van der Waals surface area (Å²) in [5.74, 6) is -0.464. The Morgan fingerprint density at radius 1 is 1.33 bits per heavy atom. The van der Waals surface area contributed by atoms with Gasteiger partial charge in [-0.2, -0.15) is 0 Å². The summed E-state index contributed by atoms with van der Waals surface area (Å²) in [7, 11) is 0. The molecule has 0 bridgehead atoms. The van der Waals surface area contributed by atoms with E-state index in [0.29, 0.717) is 12.2 Å². The van der Waals surface area contributed by atoms with E-state index in [4.69, 9.17) is 4.74 Å². The van der Waals surface area contributed by atoms with Crippen molar-refractivity contribution in [1.29, 1.82) is 0 Å². The molecule has 0 amide bonds. The van der Waals surface area contributed by atoms with Crippen molar-refractivity contribution in [2.45, 2.75) is 19.8 Å². The molecular formula is C11H13KO3. The third kappa shape index (κ3) is 5.68. The smallest absolute Gasteiger partial charge is 0.872 e. The van der Waals surface area contributed by atoms with Gasteiger partial charge >= 0.3 is 57.4 Å². The zero-order chi connectivity index (χ0) is 10.4. The van der Waals surface area contributed by atoms with Gasteiger partial charge in [0.2, 0.25) is 0 Å². The maximum atomic E-state index is 11.3. The molecule has 0 aliphatic heterocycles. The fourth-order valence-corrected chi connectivity index (χ4v) is 0.984. The first-order valence-electron chi connectivity index (χ1n) is 4.68. The van der Waals surface area contributed by atoms with E-state index >= 15 is 0 Å². The first-order valence-corrected chi connectivity index (χ1v) is 4.68. The molecule has 1 aromatic carbocycles. The first kappa shape index (κ1) is 15.1. The van der Waals surface area contributed by atoms with E-state index in [-0.39, 0.29) is 63.1 Å².